The molecule has 0 aliphatic heterocycles. The van der Waals surface area contributed by atoms with Crippen molar-refractivity contribution in [2.75, 3.05) is 19.0 Å². The number of rotatable bonds is 5. The lowest BCUT2D eigenvalue weighted by atomic mass is 10.1. The first kappa shape index (κ1) is 13.8. The Morgan fingerprint density at radius 1 is 1.58 bits per heavy atom. The van der Waals surface area contributed by atoms with E-state index in [-0.39, 0.29) is 11.8 Å². The van der Waals surface area contributed by atoms with E-state index in [2.05, 4.69) is 10.3 Å². The number of aromatic nitrogens is 1. The Bertz CT molecular complexity index is 578. The maximum Gasteiger partial charge on any atom is 0.230 e. The molecule has 1 aromatic heterocycles. The number of benzene rings is 1. The molecule has 5 nitrogen and oxygen atoms in total. The normalized spacial score (nSPS) is 12.4. The molecule has 3 N–H and O–H groups in total. The summed E-state index contributed by atoms with van der Waals surface area (Å²) in [5.74, 6) is 0.542. The van der Waals surface area contributed by atoms with Gasteiger partial charge < -0.3 is 15.8 Å². The average Bonchev–Trinajstić information content (AvgIpc) is 2.80. The predicted octanol–water partition coefficient (Wildman–Crippen LogP) is 2.23. The molecule has 0 bridgehead atoms. The van der Waals surface area contributed by atoms with Gasteiger partial charge in [-0.1, -0.05) is 18.3 Å². The van der Waals surface area contributed by atoms with Crippen LogP contribution in [0.15, 0.2) is 18.2 Å². The van der Waals surface area contributed by atoms with Gasteiger partial charge in [0.2, 0.25) is 5.91 Å². The van der Waals surface area contributed by atoms with Crippen molar-refractivity contribution in [2.45, 2.75) is 13.3 Å². The number of nitrogens with two attached hydrogens (primary N) is 1. The Kier molecular flexibility index (Phi) is 4.34. The summed E-state index contributed by atoms with van der Waals surface area (Å²) in [6.07, 6.45) is 0.723. The Hall–Kier alpha value is -1.66. The van der Waals surface area contributed by atoms with Crippen molar-refractivity contribution in [3.05, 3.63) is 18.2 Å². The van der Waals surface area contributed by atoms with E-state index in [0.717, 1.165) is 22.4 Å². The van der Waals surface area contributed by atoms with E-state index in [1.165, 1.54) is 11.3 Å². The van der Waals surface area contributed by atoms with Crippen LogP contribution in [0.25, 0.3) is 10.2 Å². The van der Waals surface area contributed by atoms with Gasteiger partial charge in [0, 0.05) is 6.54 Å². The van der Waals surface area contributed by atoms with Crippen molar-refractivity contribution in [3.8, 4) is 5.75 Å². The molecule has 2 rings (SSSR count). The van der Waals surface area contributed by atoms with Gasteiger partial charge in [-0.3, -0.25) is 4.79 Å². The molecule has 102 valence electrons. The fourth-order valence-electron chi connectivity index (χ4n) is 1.75. The van der Waals surface area contributed by atoms with E-state index in [0.29, 0.717) is 11.7 Å². The van der Waals surface area contributed by atoms with Gasteiger partial charge in [-0.25, -0.2) is 4.98 Å². The number of nitrogens with zero attached hydrogens (tertiary/aromatic N) is 1. The van der Waals surface area contributed by atoms with Crippen LogP contribution in [0.2, 0.25) is 0 Å². The molecule has 1 aromatic carbocycles. The number of fused-ring (bicyclic) bond motifs is 1. The van der Waals surface area contributed by atoms with Crippen molar-refractivity contribution in [2.24, 2.45) is 11.7 Å². The molecule has 0 aliphatic carbocycles. The lowest BCUT2D eigenvalue weighted by Crippen LogP contribution is -2.28. The highest BCUT2D eigenvalue weighted by Gasteiger charge is 2.16. The van der Waals surface area contributed by atoms with Crippen LogP contribution in [0.5, 0.6) is 5.75 Å². The van der Waals surface area contributed by atoms with Crippen LogP contribution in [-0.4, -0.2) is 24.5 Å². The number of carbonyl (C=O) groups is 1. The minimum Gasteiger partial charge on any atom is -0.497 e. The van der Waals surface area contributed by atoms with Gasteiger partial charge in [0.05, 0.1) is 23.2 Å². The molecule has 1 unspecified atom stereocenters. The van der Waals surface area contributed by atoms with Crippen LogP contribution in [0.4, 0.5) is 5.13 Å². The summed E-state index contributed by atoms with van der Waals surface area (Å²) in [5, 5.41) is 3.42. The summed E-state index contributed by atoms with van der Waals surface area (Å²) < 4.78 is 6.14. The smallest absolute Gasteiger partial charge is 0.230 e. The average molecular weight is 279 g/mol. The van der Waals surface area contributed by atoms with E-state index >= 15 is 0 Å². The van der Waals surface area contributed by atoms with Crippen LogP contribution >= 0.6 is 11.3 Å². The van der Waals surface area contributed by atoms with E-state index in [1.54, 1.807) is 7.11 Å². The zero-order valence-corrected chi connectivity index (χ0v) is 11.8. The first-order chi connectivity index (χ1) is 9.17. The van der Waals surface area contributed by atoms with Gasteiger partial charge in [-0.15, -0.1) is 0 Å². The van der Waals surface area contributed by atoms with Crippen LogP contribution in [0.3, 0.4) is 0 Å². The predicted molar refractivity (Wildman–Crippen MR) is 77.6 cm³/mol. The summed E-state index contributed by atoms with van der Waals surface area (Å²) in [6, 6.07) is 5.63. The number of amides is 1. The van der Waals surface area contributed by atoms with Gasteiger partial charge in [0.25, 0.3) is 0 Å². The molecular formula is C13H17N3O2S. The third kappa shape index (κ3) is 3.02. The van der Waals surface area contributed by atoms with Gasteiger partial charge in [-0.2, -0.15) is 0 Å². The number of methoxy groups -OCH3 is 1. The van der Waals surface area contributed by atoms with Crippen LogP contribution in [0.1, 0.15) is 13.3 Å². The second kappa shape index (κ2) is 5.99. The lowest BCUT2D eigenvalue weighted by molar-refractivity contribution is -0.119. The first-order valence-corrected chi connectivity index (χ1v) is 6.95. The number of thiazole rings is 1. The zero-order valence-electron chi connectivity index (χ0n) is 11.0. The fourth-order valence-corrected chi connectivity index (χ4v) is 2.65. The van der Waals surface area contributed by atoms with Gasteiger partial charge in [-0.05, 0) is 24.6 Å². The van der Waals surface area contributed by atoms with Crippen molar-refractivity contribution in [1.29, 1.82) is 0 Å². The van der Waals surface area contributed by atoms with Crippen molar-refractivity contribution >= 4 is 32.6 Å². The van der Waals surface area contributed by atoms with Gasteiger partial charge in [0.15, 0.2) is 5.13 Å². The molecule has 1 amide bonds. The minimum atomic E-state index is -0.165. The van der Waals surface area contributed by atoms with Gasteiger partial charge in [0.1, 0.15) is 5.75 Å². The van der Waals surface area contributed by atoms with E-state index in [4.69, 9.17) is 10.5 Å². The molecule has 0 saturated carbocycles. The van der Waals surface area contributed by atoms with Crippen molar-refractivity contribution < 1.29 is 9.53 Å². The number of hydrogen-bond acceptors (Lipinski definition) is 5. The van der Waals surface area contributed by atoms with Crippen LogP contribution in [-0.2, 0) is 4.79 Å². The third-order valence-corrected chi connectivity index (χ3v) is 3.91. The SMILES string of the molecule is CCC(CN)C(=O)Nc1nc2ccc(OC)cc2s1. The van der Waals surface area contributed by atoms with Crippen molar-refractivity contribution in [1.82, 2.24) is 4.98 Å². The van der Waals surface area contributed by atoms with Crippen molar-refractivity contribution in [3.63, 3.8) is 0 Å². The molecule has 1 atom stereocenters. The second-order valence-corrected chi connectivity index (χ2v) is 5.21. The van der Waals surface area contributed by atoms with Crippen LogP contribution < -0.4 is 15.8 Å². The fraction of sp³-hybridized carbons (Fsp3) is 0.385. The summed E-state index contributed by atoms with van der Waals surface area (Å²) >= 11 is 1.43. The Morgan fingerprint density at radius 3 is 3.00 bits per heavy atom. The number of anilines is 1. The summed E-state index contributed by atoms with van der Waals surface area (Å²) in [5.41, 5.74) is 6.41. The highest BCUT2D eigenvalue weighted by molar-refractivity contribution is 7.22. The number of hydrogen-bond donors (Lipinski definition) is 2. The standard InChI is InChI=1S/C13H17N3O2S/c1-3-8(7-14)12(17)16-13-15-10-5-4-9(18-2)6-11(10)19-13/h4-6,8H,3,7,14H2,1-2H3,(H,15,16,17). The Morgan fingerprint density at radius 2 is 2.37 bits per heavy atom. The quantitative estimate of drug-likeness (QED) is 0.880. The maximum atomic E-state index is 11.9. The number of carbonyl (C=O) groups excluding carboxylic acids is 1. The highest BCUT2D eigenvalue weighted by atomic mass is 32.1. The summed E-state index contributed by atoms with van der Waals surface area (Å²) in [6.45, 7) is 2.29. The maximum absolute atomic E-state index is 11.9. The van der Waals surface area contributed by atoms with E-state index < -0.39 is 0 Å². The molecular weight excluding hydrogens is 262 g/mol. The molecule has 0 radical (unpaired) electrons. The Labute approximate surface area is 115 Å². The van der Waals surface area contributed by atoms with Gasteiger partial charge >= 0.3 is 0 Å². The molecule has 6 heteroatoms. The molecule has 2 aromatic rings. The lowest BCUT2D eigenvalue weighted by Gasteiger charge is -2.10. The molecule has 1 heterocycles. The minimum absolute atomic E-state index is 0.0731. The third-order valence-electron chi connectivity index (χ3n) is 2.97. The zero-order chi connectivity index (χ0) is 13.8. The monoisotopic (exact) mass is 279 g/mol. The molecule has 0 saturated heterocycles. The molecule has 0 aliphatic rings. The molecule has 19 heavy (non-hydrogen) atoms. The highest BCUT2D eigenvalue weighted by Crippen LogP contribution is 2.29. The second-order valence-electron chi connectivity index (χ2n) is 4.18. The van der Waals surface area contributed by atoms with E-state index in [9.17, 15) is 4.79 Å². The number of nitrogens with one attached hydrogen (secondary N) is 1. The number of ether oxygens (including phenoxy) is 1. The molecule has 0 spiro atoms. The van der Waals surface area contributed by atoms with Crippen LogP contribution in [0, 0.1) is 5.92 Å². The summed E-state index contributed by atoms with van der Waals surface area (Å²) in [7, 11) is 1.62. The topological polar surface area (TPSA) is 77.2 Å². The largest absolute Gasteiger partial charge is 0.497 e. The Balaban J connectivity index is 2.19. The summed E-state index contributed by atoms with van der Waals surface area (Å²) in [4.78, 5) is 16.3. The van der Waals surface area contributed by atoms with E-state index in [1.807, 2.05) is 25.1 Å². The molecule has 0 fully saturated rings. The first-order valence-electron chi connectivity index (χ1n) is 6.13.